The lowest BCUT2D eigenvalue weighted by Crippen LogP contribution is -2.51. The van der Waals surface area contributed by atoms with Crippen LogP contribution >= 0.6 is 0 Å². The van der Waals surface area contributed by atoms with Crippen LogP contribution in [0.2, 0.25) is 0 Å². The first-order chi connectivity index (χ1) is 9.22. The SMILES string of the molecule is O=C[B]N1CCC2(CC1)CC(O)c1ccccc1O2. The van der Waals surface area contributed by atoms with Gasteiger partial charge in [0.05, 0.1) is 12.3 Å². The maximum atomic E-state index is 10.5. The Kier molecular flexibility index (Phi) is 3.33. The molecule has 5 heteroatoms. The van der Waals surface area contributed by atoms with Crippen molar-refractivity contribution >= 4 is 13.6 Å². The van der Waals surface area contributed by atoms with Crippen LogP contribution in [-0.4, -0.2) is 42.2 Å². The molecular formula is C14H17BNO3. The second-order valence-electron chi connectivity index (χ2n) is 5.36. The summed E-state index contributed by atoms with van der Waals surface area (Å²) in [5.41, 5.74) is 0.607. The molecule has 0 aliphatic carbocycles. The van der Waals surface area contributed by atoms with Gasteiger partial charge in [-0.1, -0.05) is 18.2 Å². The fraction of sp³-hybridized carbons (Fsp3) is 0.500. The molecule has 2 heterocycles. The Morgan fingerprint density at radius 3 is 2.84 bits per heavy atom. The number of aliphatic hydroxyl groups is 1. The Hall–Kier alpha value is -1.33. The minimum atomic E-state index is -0.452. The lowest BCUT2D eigenvalue weighted by Gasteiger charge is -2.45. The van der Waals surface area contributed by atoms with Gasteiger partial charge in [-0.05, 0) is 32.0 Å². The minimum Gasteiger partial charge on any atom is -0.487 e. The van der Waals surface area contributed by atoms with E-state index >= 15 is 0 Å². The van der Waals surface area contributed by atoms with E-state index < -0.39 is 6.10 Å². The molecule has 0 bridgehead atoms. The van der Waals surface area contributed by atoms with Crippen molar-refractivity contribution in [3.05, 3.63) is 29.8 Å². The number of hydrogen-bond acceptors (Lipinski definition) is 4. The predicted molar refractivity (Wildman–Crippen MR) is 72.7 cm³/mol. The summed E-state index contributed by atoms with van der Waals surface area (Å²) in [5, 5.41) is 10.3. The zero-order valence-electron chi connectivity index (χ0n) is 10.8. The van der Waals surface area contributed by atoms with Gasteiger partial charge >= 0.3 is 0 Å². The fourth-order valence-corrected chi connectivity index (χ4v) is 3.06. The van der Waals surface area contributed by atoms with Crippen molar-refractivity contribution < 1.29 is 14.6 Å². The molecule has 2 aliphatic rings. The highest BCUT2D eigenvalue weighted by Gasteiger charge is 2.42. The third kappa shape index (κ3) is 2.40. The summed E-state index contributed by atoms with van der Waals surface area (Å²) in [6, 6.07) is 7.69. The van der Waals surface area contributed by atoms with Gasteiger partial charge in [0.25, 0.3) is 7.41 Å². The number of ether oxygens (including phenoxy) is 1. The maximum Gasteiger partial charge on any atom is 0.293 e. The quantitative estimate of drug-likeness (QED) is 0.638. The highest BCUT2D eigenvalue weighted by molar-refractivity contribution is 6.64. The third-order valence-corrected chi connectivity index (χ3v) is 4.15. The van der Waals surface area contributed by atoms with E-state index in [4.69, 9.17) is 4.74 Å². The molecule has 0 saturated carbocycles. The summed E-state index contributed by atoms with van der Waals surface area (Å²) >= 11 is 0. The molecule has 2 aliphatic heterocycles. The zero-order valence-corrected chi connectivity index (χ0v) is 10.8. The van der Waals surface area contributed by atoms with Gasteiger partial charge < -0.3 is 19.4 Å². The zero-order chi connectivity index (χ0) is 13.3. The molecule has 3 rings (SSSR count). The first-order valence-corrected chi connectivity index (χ1v) is 6.71. The number of fused-ring (bicyclic) bond motifs is 1. The highest BCUT2D eigenvalue weighted by atomic mass is 16.5. The summed E-state index contributed by atoms with van der Waals surface area (Å²) in [5.74, 6) is 0.800. The number of carbonyl (C=O) groups excluding carboxylic acids is 1. The van der Waals surface area contributed by atoms with Crippen LogP contribution in [0.4, 0.5) is 0 Å². The van der Waals surface area contributed by atoms with Crippen LogP contribution in [0.5, 0.6) is 5.75 Å². The van der Waals surface area contributed by atoms with Crippen LogP contribution in [0.1, 0.15) is 30.9 Å². The Morgan fingerprint density at radius 1 is 1.37 bits per heavy atom. The van der Waals surface area contributed by atoms with Crippen molar-refractivity contribution in [2.45, 2.75) is 31.0 Å². The molecule has 1 atom stereocenters. The number of aliphatic hydroxyl groups excluding tert-OH is 1. The van der Waals surface area contributed by atoms with E-state index in [9.17, 15) is 9.90 Å². The molecule has 0 amide bonds. The first kappa shape index (κ1) is 12.7. The normalized spacial score (nSPS) is 25.4. The Morgan fingerprint density at radius 2 is 2.11 bits per heavy atom. The van der Waals surface area contributed by atoms with Crippen LogP contribution in [0.25, 0.3) is 0 Å². The molecule has 1 N–H and O–H groups in total. The Labute approximate surface area is 113 Å². The fourth-order valence-electron chi connectivity index (χ4n) is 3.06. The second-order valence-corrected chi connectivity index (χ2v) is 5.36. The van der Waals surface area contributed by atoms with Crippen LogP contribution in [-0.2, 0) is 4.79 Å². The molecule has 0 aromatic heterocycles. The predicted octanol–water partition coefficient (Wildman–Crippen LogP) is 1.15. The van der Waals surface area contributed by atoms with Crippen molar-refractivity contribution in [2.75, 3.05) is 13.1 Å². The number of rotatable bonds is 2. The molecule has 99 valence electrons. The van der Waals surface area contributed by atoms with E-state index in [1.54, 1.807) is 7.41 Å². The van der Waals surface area contributed by atoms with E-state index in [0.717, 1.165) is 43.4 Å². The highest BCUT2D eigenvalue weighted by Crippen LogP contribution is 2.43. The lowest BCUT2D eigenvalue weighted by atomic mass is 9.79. The number of carbonyl (C=O) groups is 1. The van der Waals surface area contributed by atoms with Gasteiger partial charge in [0.15, 0.2) is 0 Å². The van der Waals surface area contributed by atoms with Gasteiger partial charge in [0.2, 0.25) is 0 Å². The number of hydrogen-bond donors (Lipinski definition) is 1. The summed E-state index contributed by atoms with van der Waals surface area (Å²) in [7, 11) is 1.58. The topological polar surface area (TPSA) is 49.8 Å². The third-order valence-electron chi connectivity index (χ3n) is 4.15. The van der Waals surface area contributed by atoms with Crippen LogP contribution < -0.4 is 4.74 Å². The number of para-hydroxylation sites is 1. The van der Waals surface area contributed by atoms with Crippen molar-refractivity contribution in [3.63, 3.8) is 0 Å². The number of piperidine rings is 1. The van der Waals surface area contributed by atoms with Crippen LogP contribution in [0.3, 0.4) is 0 Å². The van der Waals surface area contributed by atoms with Gasteiger partial charge in [-0.15, -0.1) is 0 Å². The average Bonchev–Trinajstić information content (AvgIpc) is 2.42. The summed E-state index contributed by atoms with van der Waals surface area (Å²) in [4.78, 5) is 12.5. The molecule has 1 aromatic carbocycles. The minimum absolute atomic E-state index is 0.277. The Bertz CT molecular complexity index is 472. The summed E-state index contributed by atoms with van der Waals surface area (Å²) < 4.78 is 6.17. The second kappa shape index (κ2) is 4.98. The largest absolute Gasteiger partial charge is 0.487 e. The van der Waals surface area contributed by atoms with Crippen molar-refractivity contribution in [1.29, 1.82) is 0 Å². The van der Waals surface area contributed by atoms with Crippen LogP contribution in [0.15, 0.2) is 24.3 Å². The summed E-state index contributed by atoms with van der Waals surface area (Å²) in [6.45, 7) is 1.60. The van der Waals surface area contributed by atoms with E-state index in [2.05, 4.69) is 0 Å². The molecule has 1 aromatic rings. The number of nitrogens with zero attached hydrogens (tertiary/aromatic N) is 1. The molecular weight excluding hydrogens is 241 g/mol. The lowest BCUT2D eigenvalue weighted by molar-refractivity contribution is -0.0437. The molecule has 1 radical (unpaired) electrons. The van der Waals surface area contributed by atoms with E-state index in [-0.39, 0.29) is 5.60 Å². The maximum absolute atomic E-state index is 10.5. The molecule has 1 spiro atoms. The van der Waals surface area contributed by atoms with E-state index in [0.29, 0.717) is 6.42 Å². The van der Waals surface area contributed by atoms with Gasteiger partial charge in [-0.3, -0.25) is 0 Å². The monoisotopic (exact) mass is 258 g/mol. The van der Waals surface area contributed by atoms with Crippen LogP contribution in [0, 0.1) is 0 Å². The molecule has 4 nitrogen and oxygen atoms in total. The van der Waals surface area contributed by atoms with E-state index in [1.807, 2.05) is 29.1 Å². The van der Waals surface area contributed by atoms with Crippen molar-refractivity contribution in [1.82, 2.24) is 4.81 Å². The van der Waals surface area contributed by atoms with E-state index in [1.165, 1.54) is 0 Å². The average molecular weight is 258 g/mol. The smallest absolute Gasteiger partial charge is 0.293 e. The summed E-state index contributed by atoms with van der Waals surface area (Å²) in [6.07, 6.45) is 2.68. The van der Waals surface area contributed by atoms with Crippen molar-refractivity contribution in [2.24, 2.45) is 0 Å². The van der Waals surface area contributed by atoms with Gasteiger partial charge in [0.1, 0.15) is 11.4 Å². The molecule has 1 fully saturated rings. The Balaban J connectivity index is 1.76. The van der Waals surface area contributed by atoms with Gasteiger partial charge in [0, 0.05) is 12.0 Å². The molecule has 1 unspecified atom stereocenters. The molecule has 19 heavy (non-hydrogen) atoms. The number of benzene rings is 1. The van der Waals surface area contributed by atoms with Gasteiger partial charge in [-0.25, -0.2) is 0 Å². The van der Waals surface area contributed by atoms with Crippen molar-refractivity contribution in [3.8, 4) is 5.75 Å². The standard InChI is InChI=1S/C14H17BNO3/c17-10-15-16-7-5-14(6-8-16)9-12(18)11-3-1-2-4-13(11)19-14/h1-4,10,12,18H,5-9H2. The van der Waals surface area contributed by atoms with Gasteiger partial charge in [-0.2, -0.15) is 0 Å². The first-order valence-electron chi connectivity index (χ1n) is 6.71. The molecule has 1 saturated heterocycles.